The van der Waals surface area contributed by atoms with Crippen LogP contribution in [0, 0.1) is 6.92 Å². The summed E-state index contributed by atoms with van der Waals surface area (Å²) in [7, 11) is 1.89. The zero-order valence-corrected chi connectivity index (χ0v) is 14.5. The highest BCUT2D eigenvalue weighted by atomic mass is 16.5. The standard InChI is InChI=1S/C19H18N6O/c1-13-21-10-16(11-22-13)23-19-18-4-3-17(9-14(18)5-7-20-19)26-12-15-6-8-25(2)24-15/h3-11H,12H2,1-2H3,(H,20,23). The van der Waals surface area contributed by atoms with Gasteiger partial charge in [-0.1, -0.05) is 0 Å². The molecule has 130 valence electrons. The Morgan fingerprint density at radius 1 is 1.08 bits per heavy atom. The van der Waals surface area contributed by atoms with E-state index in [9.17, 15) is 0 Å². The first kappa shape index (κ1) is 16.0. The Hall–Kier alpha value is -3.48. The van der Waals surface area contributed by atoms with Crippen LogP contribution in [0.3, 0.4) is 0 Å². The summed E-state index contributed by atoms with van der Waals surface area (Å²) in [5.74, 6) is 2.28. The first-order valence-corrected chi connectivity index (χ1v) is 8.23. The Balaban J connectivity index is 1.56. The van der Waals surface area contributed by atoms with E-state index < -0.39 is 0 Å². The molecule has 7 nitrogen and oxygen atoms in total. The van der Waals surface area contributed by atoms with Crippen LogP contribution in [0.2, 0.25) is 0 Å². The largest absolute Gasteiger partial charge is 0.487 e. The molecule has 0 aliphatic carbocycles. The second-order valence-electron chi connectivity index (χ2n) is 5.96. The summed E-state index contributed by atoms with van der Waals surface area (Å²) in [5, 5.41) is 9.61. The van der Waals surface area contributed by atoms with Crippen molar-refractivity contribution in [1.29, 1.82) is 0 Å². The predicted octanol–water partition coefficient (Wildman–Crippen LogP) is 3.39. The van der Waals surface area contributed by atoms with Crippen LogP contribution in [0.25, 0.3) is 10.8 Å². The topological polar surface area (TPSA) is 77.8 Å². The molecule has 0 fully saturated rings. The van der Waals surface area contributed by atoms with Crippen LogP contribution in [0.4, 0.5) is 11.5 Å². The molecular weight excluding hydrogens is 328 g/mol. The molecule has 7 heteroatoms. The lowest BCUT2D eigenvalue weighted by molar-refractivity contribution is 0.300. The molecule has 4 aromatic rings. The molecule has 0 saturated carbocycles. The second-order valence-corrected chi connectivity index (χ2v) is 5.96. The maximum Gasteiger partial charge on any atom is 0.138 e. The third kappa shape index (κ3) is 3.46. The lowest BCUT2D eigenvalue weighted by Gasteiger charge is -2.10. The van der Waals surface area contributed by atoms with Crippen molar-refractivity contribution in [3.8, 4) is 5.75 Å². The van der Waals surface area contributed by atoms with E-state index in [0.717, 1.165) is 39.5 Å². The number of ether oxygens (including phenoxy) is 1. The highest BCUT2D eigenvalue weighted by molar-refractivity contribution is 5.93. The molecular formula is C19H18N6O. The lowest BCUT2D eigenvalue weighted by atomic mass is 10.1. The lowest BCUT2D eigenvalue weighted by Crippen LogP contribution is -1.99. The molecule has 3 aromatic heterocycles. The first-order chi connectivity index (χ1) is 12.7. The molecule has 0 aliphatic rings. The van der Waals surface area contributed by atoms with Crippen LogP contribution in [0.5, 0.6) is 5.75 Å². The molecule has 4 rings (SSSR count). The van der Waals surface area contributed by atoms with Gasteiger partial charge in [-0.2, -0.15) is 5.10 Å². The van der Waals surface area contributed by atoms with Crippen molar-refractivity contribution >= 4 is 22.3 Å². The molecule has 0 spiro atoms. The molecule has 0 amide bonds. The third-order valence-electron chi connectivity index (χ3n) is 3.94. The number of aryl methyl sites for hydroxylation is 2. The number of anilines is 2. The number of benzene rings is 1. The predicted molar refractivity (Wildman–Crippen MR) is 99.3 cm³/mol. The minimum Gasteiger partial charge on any atom is -0.487 e. The van der Waals surface area contributed by atoms with Crippen molar-refractivity contribution in [1.82, 2.24) is 24.7 Å². The Morgan fingerprint density at radius 3 is 2.69 bits per heavy atom. The van der Waals surface area contributed by atoms with E-state index in [0.29, 0.717) is 6.61 Å². The smallest absolute Gasteiger partial charge is 0.138 e. The van der Waals surface area contributed by atoms with E-state index in [1.807, 2.05) is 50.5 Å². The Morgan fingerprint density at radius 2 is 1.92 bits per heavy atom. The molecule has 0 atom stereocenters. The van der Waals surface area contributed by atoms with Crippen molar-refractivity contribution in [2.45, 2.75) is 13.5 Å². The SMILES string of the molecule is Cc1ncc(Nc2nccc3cc(OCc4ccn(C)n4)ccc23)cn1. The fourth-order valence-electron chi connectivity index (χ4n) is 2.64. The van der Waals surface area contributed by atoms with Gasteiger partial charge in [-0.15, -0.1) is 0 Å². The van der Waals surface area contributed by atoms with Gasteiger partial charge in [0.15, 0.2) is 0 Å². The molecule has 1 N–H and O–H groups in total. The number of hydrogen-bond donors (Lipinski definition) is 1. The van der Waals surface area contributed by atoms with Gasteiger partial charge < -0.3 is 10.1 Å². The quantitative estimate of drug-likeness (QED) is 0.597. The van der Waals surface area contributed by atoms with Gasteiger partial charge in [0.05, 0.1) is 23.8 Å². The van der Waals surface area contributed by atoms with Gasteiger partial charge in [0, 0.05) is 24.8 Å². The number of rotatable bonds is 5. The van der Waals surface area contributed by atoms with Gasteiger partial charge in [0.2, 0.25) is 0 Å². The maximum atomic E-state index is 5.85. The summed E-state index contributed by atoms with van der Waals surface area (Å²) in [6, 6.07) is 9.82. The monoisotopic (exact) mass is 346 g/mol. The van der Waals surface area contributed by atoms with Crippen LogP contribution < -0.4 is 10.1 Å². The van der Waals surface area contributed by atoms with Crippen LogP contribution >= 0.6 is 0 Å². The molecule has 0 bridgehead atoms. The molecule has 26 heavy (non-hydrogen) atoms. The molecule has 3 heterocycles. The van der Waals surface area contributed by atoms with E-state index in [1.54, 1.807) is 23.3 Å². The minimum atomic E-state index is 0.434. The number of pyridine rings is 1. The first-order valence-electron chi connectivity index (χ1n) is 8.23. The molecule has 0 aliphatic heterocycles. The van der Waals surface area contributed by atoms with Crippen LogP contribution in [-0.2, 0) is 13.7 Å². The van der Waals surface area contributed by atoms with Gasteiger partial charge in [-0.05, 0) is 42.6 Å². The minimum absolute atomic E-state index is 0.434. The van der Waals surface area contributed by atoms with Crippen molar-refractivity contribution < 1.29 is 4.74 Å². The summed E-state index contributed by atoms with van der Waals surface area (Å²) in [6.07, 6.45) is 7.15. The van der Waals surface area contributed by atoms with Crippen molar-refractivity contribution in [2.75, 3.05) is 5.32 Å². The number of nitrogens with one attached hydrogen (secondary N) is 1. The summed E-state index contributed by atoms with van der Waals surface area (Å²) in [5.41, 5.74) is 1.69. The Labute approximate surface area is 150 Å². The molecule has 0 saturated heterocycles. The van der Waals surface area contributed by atoms with Crippen molar-refractivity contribution in [3.05, 3.63) is 66.6 Å². The number of nitrogens with zero attached hydrogens (tertiary/aromatic N) is 5. The van der Waals surface area contributed by atoms with Crippen LogP contribution in [0.1, 0.15) is 11.5 Å². The summed E-state index contributed by atoms with van der Waals surface area (Å²) in [4.78, 5) is 12.8. The van der Waals surface area contributed by atoms with E-state index in [4.69, 9.17) is 4.74 Å². The number of aromatic nitrogens is 5. The van der Waals surface area contributed by atoms with E-state index in [-0.39, 0.29) is 0 Å². The fourth-order valence-corrected chi connectivity index (χ4v) is 2.64. The van der Waals surface area contributed by atoms with Gasteiger partial charge in [0.25, 0.3) is 0 Å². The van der Waals surface area contributed by atoms with Gasteiger partial charge in [-0.3, -0.25) is 4.68 Å². The van der Waals surface area contributed by atoms with Gasteiger partial charge >= 0.3 is 0 Å². The van der Waals surface area contributed by atoms with Gasteiger partial charge in [0.1, 0.15) is 24.0 Å². The maximum absolute atomic E-state index is 5.85. The fraction of sp³-hybridized carbons (Fsp3) is 0.158. The van der Waals surface area contributed by atoms with E-state index >= 15 is 0 Å². The summed E-state index contributed by atoms with van der Waals surface area (Å²) in [6.45, 7) is 2.29. The molecule has 0 radical (unpaired) electrons. The number of fused-ring (bicyclic) bond motifs is 1. The van der Waals surface area contributed by atoms with Crippen LogP contribution in [0.15, 0.2) is 55.1 Å². The van der Waals surface area contributed by atoms with E-state index in [2.05, 4.69) is 25.4 Å². The molecule has 1 aromatic carbocycles. The summed E-state index contributed by atoms with van der Waals surface area (Å²) >= 11 is 0. The Kier molecular flexibility index (Phi) is 4.18. The highest BCUT2D eigenvalue weighted by Gasteiger charge is 2.06. The zero-order valence-electron chi connectivity index (χ0n) is 14.5. The molecule has 0 unspecified atom stereocenters. The second kappa shape index (κ2) is 6.79. The summed E-state index contributed by atoms with van der Waals surface area (Å²) < 4.78 is 7.61. The van der Waals surface area contributed by atoms with Crippen molar-refractivity contribution in [2.24, 2.45) is 7.05 Å². The third-order valence-corrected chi connectivity index (χ3v) is 3.94. The normalized spacial score (nSPS) is 10.8. The van der Waals surface area contributed by atoms with Gasteiger partial charge in [-0.25, -0.2) is 15.0 Å². The number of hydrogen-bond acceptors (Lipinski definition) is 6. The highest BCUT2D eigenvalue weighted by Crippen LogP contribution is 2.27. The average Bonchev–Trinajstić information content (AvgIpc) is 3.07. The average molecular weight is 346 g/mol. The Bertz CT molecular complexity index is 1040. The zero-order chi connectivity index (χ0) is 17.9. The van der Waals surface area contributed by atoms with Crippen LogP contribution in [-0.4, -0.2) is 24.7 Å². The van der Waals surface area contributed by atoms with Crippen molar-refractivity contribution in [3.63, 3.8) is 0 Å². The van der Waals surface area contributed by atoms with E-state index in [1.165, 1.54) is 0 Å².